The molecule has 0 saturated carbocycles. The molecule has 1 unspecified atom stereocenters. The molecule has 4 nitrogen and oxygen atoms in total. The van der Waals surface area contributed by atoms with Gasteiger partial charge < -0.3 is 9.88 Å². The molecular formula is C14H18N4S. The van der Waals surface area contributed by atoms with Gasteiger partial charge in [-0.05, 0) is 37.3 Å². The van der Waals surface area contributed by atoms with Crippen LogP contribution >= 0.6 is 11.3 Å². The average molecular weight is 274 g/mol. The lowest BCUT2D eigenvalue weighted by Gasteiger charge is -2.23. The highest BCUT2D eigenvalue weighted by Gasteiger charge is 2.25. The number of hydrogen-bond acceptors (Lipinski definition) is 4. The van der Waals surface area contributed by atoms with Gasteiger partial charge in [0.25, 0.3) is 0 Å². The maximum Gasteiger partial charge on any atom is 0.174 e. The summed E-state index contributed by atoms with van der Waals surface area (Å²) < 4.78 is 2.31. The van der Waals surface area contributed by atoms with Crippen molar-refractivity contribution < 1.29 is 0 Å². The van der Waals surface area contributed by atoms with Gasteiger partial charge in [0.15, 0.2) is 11.6 Å². The van der Waals surface area contributed by atoms with Crippen molar-refractivity contribution in [3.63, 3.8) is 0 Å². The summed E-state index contributed by atoms with van der Waals surface area (Å²) in [5.74, 6) is 2.19. The van der Waals surface area contributed by atoms with Crippen LogP contribution in [-0.4, -0.2) is 21.3 Å². The molecule has 19 heavy (non-hydrogen) atoms. The van der Waals surface area contributed by atoms with Crippen LogP contribution in [0.15, 0.2) is 6.07 Å². The summed E-state index contributed by atoms with van der Waals surface area (Å²) in [7, 11) is 0. The highest BCUT2D eigenvalue weighted by molar-refractivity contribution is 7.15. The van der Waals surface area contributed by atoms with Crippen molar-refractivity contribution in [1.82, 2.24) is 20.1 Å². The first-order valence-electron chi connectivity index (χ1n) is 7.15. The molecule has 4 rings (SSSR count). The quantitative estimate of drug-likeness (QED) is 0.915. The molecule has 100 valence electrons. The fraction of sp³-hybridized carbons (Fsp3) is 0.571. The third-order valence-electron chi connectivity index (χ3n) is 4.19. The molecule has 0 bridgehead atoms. The van der Waals surface area contributed by atoms with Gasteiger partial charge in [-0.2, -0.15) is 0 Å². The van der Waals surface area contributed by atoms with Gasteiger partial charge in [-0.3, -0.25) is 0 Å². The normalized spacial score (nSPS) is 21.4. The van der Waals surface area contributed by atoms with Crippen LogP contribution < -0.4 is 5.32 Å². The van der Waals surface area contributed by atoms with Crippen molar-refractivity contribution in [2.24, 2.45) is 0 Å². The lowest BCUT2D eigenvalue weighted by atomic mass is 10.2. The predicted molar refractivity (Wildman–Crippen MR) is 76.4 cm³/mol. The zero-order valence-corrected chi connectivity index (χ0v) is 12.0. The van der Waals surface area contributed by atoms with Crippen LogP contribution in [0.5, 0.6) is 0 Å². The minimum absolute atomic E-state index is 0.363. The molecule has 0 aromatic carbocycles. The van der Waals surface area contributed by atoms with E-state index in [1.54, 1.807) is 10.4 Å². The number of aromatic nitrogens is 3. The van der Waals surface area contributed by atoms with Crippen molar-refractivity contribution in [2.45, 2.75) is 45.2 Å². The Kier molecular flexibility index (Phi) is 2.70. The Labute approximate surface area is 116 Å². The Balaban J connectivity index is 1.77. The van der Waals surface area contributed by atoms with Crippen molar-refractivity contribution in [2.75, 3.05) is 6.54 Å². The van der Waals surface area contributed by atoms with Crippen molar-refractivity contribution >= 4 is 11.3 Å². The summed E-state index contributed by atoms with van der Waals surface area (Å²) in [6.45, 7) is 4.19. The molecule has 0 amide bonds. The first-order valence-corrected chi connectivity index (χ1v) is 7.97. The Hall–Kier alpha value is -1.20. The van der Waals surface area contributed by atoms with E-state index in [0.717, 1.165) is 31.2 Å². The Morgan fingerprint density at radius 2 is 2.37 bits per heavy atom. The summed E-state index contributed by atoms with van der Waals surface area (Å²) >= 11 is 1.92. The van der Waals surface area contributed by atoms with Crippen LogP contribution in [0.3, 0.4) is 0 Å². The van der Waals surface area contributed by atoms with Gasteiger partial charge in [0.1, 0.15) is 0 Å². The molecule has 1 aliphatic carbocycles. The van der Waals surface area contributed by atoms with Gasteiger partial charge in [0.2, 0.25) is 0 Å². The van der Waals surface area contributed by atoms with Crippen LogP contribution in [0.1, 0.15) is 42.1 Å². The Morgan fingerprint density at radius 1 is 1.42 bits per heavy atom. The van der Waals surface area contributed by atoms with Gasteiger partial charge in [0.05, 0.1) is 10.9 Å². The van der Waals surface area contributed by atoms with Crippen molar-refractivity contribution in [1.29, 1.82) is 0 Å². The molecule has 2 aromatic rings. The van der Waals surface area contributed by atoms with Crippen LogP contribution in [-0.2, 0) is 19.4 Å². The highest BCUT2D eigenvalue weighted by atomic mass is 32.1. The van der Waals surface area contributed by atoms with Crippen LogP contribution in [0, 0.1) is 0 Å². The van der Waals surface area contributed by atoms with E-state index in [9.17, 15) is 0 Å². The topological polar surface area (TPSA) is 42.7 Å². The molecule has 0 fully saturated rings. The molecule has 5 heteroatoms. The maximum atomic E-state index is 4.46. The Bertz CT molecular complexity index is 591. The monoisotopic (exact) mass is 274 g/mol. The molecular weight excluding hydrogens is 256 g/mol. The predicted octanol–water partition coefficient (Wildman–Crippen LogP) is 2.55. The van der Waals surface area contributed by atoms with Crippen molar-refractivity contribution in [3.8, 4) is 10.7 Å². The summed E-state index contributed by atoms with van der Waals surface area (Å²) in [6.07, 6.45) is 4.88. The third kappa shape index (κ3) is 1.75. The number of hydrogen-bond donors (Lipinski definition) is 1. The first-order chi connectivity index (χ1) is 9.36. The second-order valence-corrected chi connectivity index (χ2v) is 6.50. The van der Waals surface area contributed by atoms with E-state index >= 15 is 0 Å². The molecule has 0 saturated heterocycles. The Morgan fingerprint density at radius 3 is 3.21 bits per heavy atom. The van der Waals surface area contributed by atoms with E-state index in [1.165, 1.54) is 24.1 Å². The second kappa shape index (κ2) is 4.42. The second-order valence-electron chi connectivity index (χ2n) is 5.36. The molecule has 2 aliphatic rings. The molecule has 1 N–H and O–H groups in total. The van der Waals surface area contributed by atoms with E-state index in [4.69, 9.17) is 0 Å². The van der Waals surface area contributed by atoms with E-state index in [0.29, 0.717) is 6.04 Å². The maximum absolute atomic E-state index is 4.46. The van der Waals surface area contributed by atoms with Crippen molar-refractivity contribution in [3.05, 3.63) is 22.3 Å². The largest absolute Gasteiger partial charge is 0.308 e. The highest BCUT2D eigenvalue weighted by Crippen LogP contribution is 2.36. The summed E-state index contributed by atoms with van der Waals surface area (Å²) in [5.41, 5.74) is 1.54. The standard InChI is InChI=1S/C14H18N4S/c1-2-10-13-16-17-14(18(13)7-6-15-10)12-8-9-4-3-5-11(9)19-12/h8,10,15H,2-7H2,1H3. The molecule has 2 aromatic heterocycles. The zero-order chi connectivity index (χ0) is 12.8. The number of nitrogens with one attached hydrogen (secondary N) is 1. The number of aryl methyl sites for hydroxylation is 2. The zero-order valence-electron chi connectivity index (χ0n) is 11.1. The number of fused-ring (bicyclic) bond motifs is 2. The van der Waals surface area contributed by atoms with Gasteiger partial charge in [-0.1, -0.05) is 6.92 Å². The fourth-order valence-corrected chi connectivity index (χ4v) is 4.43. The average Bonchev–Trinajstić information content (AvgIpc) is 3.10. The van der Waals surface area contributed by atoms with E-state index in [1.807, 2.05) is 11.3 Å². The molecule has 1 aliphatic heterocycles. The van der Waals surface area contributed by atoms with Gasteiger partial charge in [-0.25, -0.2) is 0 Å². The van der Waals surface area contributed by atoms with Gasteiger partial charge in [0, 0.05) is 18.0 Å². The van der Waals surface area contributed by atoms with Crippen LogP contribution in [0.25, 0.3) is 10.7 Å². The van der Waals surface area contributed by atoms with Gasteiger partial charge >= 0.3 is 0 Å². The SMILES string of the molecule is CCC1NCCn2c(-c3cc4c(s3)CCC4)nnc21. The molecule has 0 spiro atoms. The molecule has 0 radical (unpaired) electrons. The summed E-state index contributed by atoms with van der Waals surface area (Å²) in [4.78, 5) is 2.87. The third-order valence-corrected chi connectivity index (χ3v) is 5.43. The van der Waals surface area contributed by atoms with Gasteiger partial charge in [-0.15, -0.1) is 21.5 Å². The first kappa shape index (κ1) is 11.6. The molecule has 1 atom stereocenters. The molecule has 3 heterocycles. The van der Waals surface area contributed by atoms with E-state index in [2.05, 4.69) is 33.1 Å². The smallest absolute Gasteiger partial charge is 0.174 e. The van der Waals surface area contributed by atoms with E-state index < -0.39 is 0 Å². The van der Waals surface area contributed by atoms with Crippen LogP contribution in [0.2, 0.25) is 0 Å². The van der Waals surface area contributed by atoms with E-state index in [-0.39, 0.29) is 0 Å². The summed E-state index contributed by atoms with van der Waals surface area (Å²) in [5, 5.41) is 12.4. The summed E-state index contributed by atoms with van der Waals surface area (Å²) in [6, 6.07) is 2.70. The lowest BCUT2D eigenvalue weighted by molar-refractivity contribution is 0.407. The number of nitrogens with zero attached hydrogens (tertiary/aromatic N) is 3. The fourth-order valence-electron chi connectivity index (χ4n) is 3.18. The minimum atomic E-state index is 0.363. The minimum Gasteiger partial charge on any atom is -0.308 e. The lowest BCUT2D eigenvalue weighted by Crippen LogP contribution is -2.33. The number of rotatable bonds is 2. The van der Waals surface area contributed by atoms with Crippen LogP contribution in [0.4, 0.5) is 0 Å². The number of thiophene rings is 1.